The van der Waals surface area contributed by atoms with Gasteiger partial charge in [-0.25, -0.2) is 0 Å². The van der Waals surface area contributed by atoms with E-state index in [1.165, 1.54) is 6.42 Å². The fourth-order valence-electron chi connectivity index (χ4n) is 3.47. The minimum atomic E-state index is -0.240. The molecule has 0 aliphatic heterocycles. The first kappa shape index (κ1) is 19.2. The van der Waals surface area contributed by atoms with E-state index in [2.05, 4.69) is 6.92 Å². The quantitative estimate of drug-likeness (QED) is 0.554. The van der Waals surface area contributed by atoms with Crippen LogP contribution in [0.25, 0.3) is 6.08 Å². The van der Waals surface area contributed by atoms with Crippen LogP contribution in [0.2, 0.25) is 0 Å². The predicted molar refractivity (Wildman–Crippen MR) is 99.9 cm³/mol. The number of carbonyl (C=O) groups is 2. The van der Waals surface area contributed by atoms with Gasteiger partial charge in [0, 0.05) is 18.7 Å². The van der Waals surface area contributed by atoms with Crippen LogP contribution < -0.4 is 0 Å². The molecule has 1 aromatic carbocycles. The van der Waals surface area contributed by atoms with Gasteiger partial charge in [-0.3, -0.25) is 9.59 Å². The van der Waals surface area contributed by atoms with Crippen molar-refractivity contribution in [3.8, 4) is 0 Å². The highest BCUT2D eigenvalue weighted by atomic mass is 16.5. The molecular formula is C21H29NO3. The van der Waals surface area contributed by atoms with Crippen molar-refractivity contribution in [1.82, 2.24) is 4.90 Å². The molecule has 1 amide bonds. The summed E-state index contributed by atoms with van der Waals surface area (Å²) < 4.78 is 5.02. The number of esters is 1. The number of benzene rings is 1. The second-order valence-corrected chi connectivity index (χ2v) is 6.66. The number of ether oxygens (including phenoxy) is 1. The SMILES string of the molecule is CCOC(=O)CCN(C(=O)/C=C/c1ccccc1)C1CCCCC1C. The lowest BCUT2D eigenvalue weighted by Crippen LogP contribution is -2.45. The van der Waals surface area contributed by atoms with Crippen LogP contribution in [0.1, 0.15) is 51.5 Å². The Morgan fingerprint density at radius 3 is 2.60 bits per heavy atom. The van der Waals surface area contributed by atoms with E-state index in [4.69, 9.17) is 4.74 Å². The van der Waals surface area contributed by atoms with Crippen molar-refractivity contribution in [2.24, 2.45) is 5.92 Å². The first-order chi connectivity index (χ1) is 12.1. The maximum Gasteiger partial charge on any atom is 0.307 e. The summed E-state index contributed by atoms with van der Waals surface area (Å²) in [6.45, 7) is 4.80. The summed E-state index contributed by atoms with van der Waals surface area (Å²) in [6, 6.07) is 9.99. The van der Waals surface area contributed by atoms with Gasteiger partial charge in [-0.05, 0) is 37.3 Å². The van der Waals surface area contributed by atoms with E-state index in [-0.39, 0.29) is 24.3 Å². The molecule has 1 aromatic rings. The van der Waals surface area contributed by atoms with Crippen molar-refractivity contribution in [3.05, 3.63) is 42.0 Å². The summed E-state index contributed by atoms with van der Waals surface area (Å²) >= 11 is 0. The highest BCUT2D eigenvalue weighted by molar-refractivity contribution is 5.92. The Bertz CT molecular complexity index is 582. The van der Waals surface area contributed by atoms with Crippen LogP contribution in [-0.2, 0) is 14.3 Å². The first-order valence-electron chi connectivity index (χ1n) is 9.31. The lowest BCUT2D eigenvalue weighted by molar-refractivity contribution is -0.144. The molecule has 25 heavy (non-hydrogen) atoms. The monoisotopic (exact) mass is 343 g/mol. The molecule has 0 N–H and O–H groups in total. The summed E-state index contributed by atoms with van der Waals surface area (Å²) in [5.41, 5.74) is 0.998. The van der Waals surface area contributed by atoms with Crippen LogP contribution in [0.3, 0.4) is 0 Å². The summed E-state index contributed by atoms with van der Waals surface area (Å²) in [5, 5.41) is 0. The van der Waals surface area contributed by atoms with Gasteiger partial charge in [0.15, 0.2) is 0 Å². The van der Waals surface area contributed by atoms with E-state index in [0.717, 1.165) is 24.8 Å². The van der Waals surface area contributed by atoms with Gasteiger partial charge in [-0.1, -0.05) is 50.1 Å². The normalized spacial score (nSPS) is 20.4. The zero-order valence-corrected chi connectivity index (χ0v) is 15.3. The van der Waals surface area contributed by atoms with Crippen molar-refractivity contribution in [2.75, 3.05) is 13.2 Å². The van der Waals surface area contributed by atoms with E-state index < -0.39 is 0 Å². The molecule has 0 heterocycles. The van der Waals surface area contributed by atoms with Crippen LogP contribution in [-0.4, -0.2) is 36.0 Å². The predicted octanol–water partition coefficient (Wildman–Crippen LogP) is 4.06. The molecule has 2 unspecified atom stereocenters. The Morgan fingerprint density at radius 2 is 1.92 bits per heavy atom. The number of amides is 1. The maximum absolute atomic E-state index is 12.8. The summed E-state index contributed by atoms with van der Waals surface area (Å²) in [7, 11) is 0. The number of hydrogen-bond acceptors (Lipinski definition) is 3. The highest BCUT2D eigenvalue weighted by Gasteiger charge is 2.29. The van der Waals surface area contributed by atoms with Gasteiger partial charge < -0.3 is 9.64 Å². The molecule has 2 atom stereocenters. The average Bonchev–Trinajstić information content (AvgIpc) is 2.62. The Balaban J connectivity index is 2.07. The number of carbonyl (C=O) groups excluding carboxylic acids is 2. The third-order valence-corrected chi connectivity index (χ3v) is 4.83. The van der Waals surface area contributed by atoms with Crippen LogP contribution in [0.5, 0.6) is 0 Å². The Kier molecular flexibility index (Phi) is 7.71. The van der Waals surface area contributed by atoms with Gasteiger partial charge in [0.05, 0.1) is 13.0 Å². The molecular weight excluding hydrogens is 314 g/mol. The fraction of sp³-hybridized carbons (Fsp3) is 0.524. The van der Waals surface area contributed by atoms with Crippen LogP contribution >= 0.6 is 0 Å². The first-order valence-corrected chi connectivity index (χ1v) is 9.31. The zero-order chi connectivity index (χ0) is 18.1. The second kappa shape index (κ2) is 10.0. The number of rotatable bonds is 7. The fourth-order valence-corrected chi connectivity index (χ4v) is 3.47. The zero-order valence-electron chi connectivity index (χ0n) is 15.3. The largest absolute Gasteiger partial charge is 0.466 e. The summed E-state index contributed by atoms with van der Waals surface area (Å²) in [4.78, 5) is 26.4. The third-order valence-electron chi connectivity index (χ3n) is 4.83. The Labute approximate surface area is 150 Å². The lowest BCUT2D eigenvalue weighted by atomic mass is 9.84. The summed E-state index contributed by atoms with van der Waals surface area (Å²) in [5.74, 6) is 0.202. The minimum absolute atomic E-state index is 0.0214. The maximum atomic E-state index is 12.8. The Hall–Kier alpha value is -2.10. The molecule has 1 aliphatic carbocycles. The minimum Gasteiger partial charge on any atom is -0.466 e. The molecule has 0 radical (unpaired) electrons. The van der Waals surface area contributed by atoms with Crippen molar-refractivity contribution in [3.63, 3.8) is 0 Å². The van der Waals surface area contributed by atoms with Gasteiger partial charge in [0.1, 0.15) is 0 Å². The van der Waals surface area contributed by atoms with Crippen LogP contribution in [0, 0.1) is 5.92 Å². The second-order valence-electron chi connectivity index (χ2n) is 6.66. The molecule has 136 valence electrons. The highest BCUT2D eigenvalue weighted by Crippen LogP contribution is 2.28. The van der Waals surface area contributed by atoms with Gasteiger partial charge in [0.2, 0.25) is 5.91 Å². The van der Waals surface area contributed by atoms with E-state index in [1.54, 1.807) is 13.0 Å². The van der Waals surface area contributed by atoms with Gasteiger partial charge in [-0.15, -0.1) is 0 Å². The molecule has 0 aromatic heterocycles. The molecule has 1 fully saturated rings. The Morgan fingerprint density at radius 1 is 1.20 bits per heavy atom. The van der Waals surface area contributed by atoms with Crippen molar-refractivity contribution < 1.29 is 14.3 Å². The van der Waals surface area contributed by atoms with Crippen molar-refractivity contribution in [2.45, 2.75) is 52.0 Å². The molecule has 1 aliphatic rings. The van der Waals surface area contributed by atoms with Crippen molar-refractivity contribution >= 4 is 18.0 Å². The van der Waals surface area contributed by atoms with E-state index in [0.29, 0.717) is 19.1 Å². The lowest BCUT2D eigenvalue weighted by Gasteiger charge is -2.38. The smallest absolute Gasteiger partial charge is 0.307 e. The van der Waals surface area contributed by atoms with E-state index in [1.807, 2.05) is 41.3 Å². The molecule has 0 saturated heterocycles. The third kappa shape index (κ3) is 6.04. The molecule has 2 rings (SSSR count). The molecule has 4 nitrogen and oxygen atoms in total. The molecule has 0 bridgehead atoms. The topological polar surface area (TPSA) is 46.6 Å². The standard InChI is InChI=1S/C21H29NO3/c1-3-25-21(24)15-16-22(19-12-8-7-9-17(19)2)20(23)14-13-18-10-5-4-6-11-18/h4-6,10-11,13-14,17,19H,3,7-9,12,15-16H2,1-2H3/b14-13+. The molecule has 1 saturated carbocycles. The molecule has 4 heteroatoms. The van der Waals surface area contributed by atoms with E-state index in [9.17, 15) is 9.59 Å². The van der Waals surface area contributed by atoms with E-state index >= 15 is 0 Å². The molecule has 0 spiro atoms. The van der Waals surface area contributed by atoms with Gasteiger partial charge in [0.25, 0.3) is 0 Å². The number of hydrogen-bond donors (Lipinski definition) is 0. The van der Waals surface area contributed by atoms with Gasteiger partial charge >= 0.3 is 5.97 Å². The average molecular weight is 343 g/mol. The number of nitrogens with zero attached hydrogens (tertiary/aromatic N) is 1. The van der Waals surface area contributed by atoms with Crippen LogP contribution in [0.4, 0.5) is 0 Å². The van der Waals surface area contributed by atoms with Crippen LogP contribution in [0.15, 0.2) is 36.4 Å². The summed E-state index contributed by atoms with van der Waals surface area (Å²) in [6.07, 6.45) is 8.22. The van der Waals surface area contributed by atoms with Gasteiger partial charge in [-0.2, -0.15) is 0 Å². The van der Waals surface area contributed by atoms with Crippen molar-refractivity contribution in [1.29, 1.82) is 0 Å².